The molecule has 4 amide bonds. The van der Waals surface area contributed by atoms with E-state index in [0.29, 0.717) is 42.9 Å². The van der Waals surface area contributed by atoms with Crippen LogP contribution in [0.1, 0.15) is 93.4 Å². The van der Waals surface area contributed by atoms with Gasteiger partial charge in [-0.3, -0.25) is 24.0 Å². The fourth-order valence-electron chi connectivity index (χ4n) is 7.98. The van der Waals surface area contributed by atoms with Gasteiger partial charge in [-0.15, -0.1) is 0 Å². The van der Waals surface area contributed by atoms with Crippen molar-refractivity contribution in [2.75, 3.05) is 13.2 Å². The largest absolute Gasteiger partial charge is 0.491 e. The number of benzene rings is 1. The summed E-state index contributed by atoms with van der Waals surface area (Å²) in [6.07, 6.45) is 1.26. The highest BCUT2D eigenvalue weighted by Crippen LogP contribution is 2.48. The molecule has 1 aromatic carbocycles. The van der Waals surface area contributed by atoms with Gasteiger partial charge in [0.25, 0.3) is 11.8 Å². The number of ether oxygens (including phenoxy) is 3. The highest BCUT2D eigenvalue weighted by molar-refractivity contribution is 7.91. The third-order valence-electron chi connectivity index (χ3n) is 12.5. The summed E-state index contributed by atoms with van der Waals surface area (Å²) in [5.41, 5.74) is -4.22. The fourth-order valence-corrected chi connectivity index (χ4v) is 9.29. The Morgan fingerprint density at radius 2 is 1.88 bits per heavy atom. The molecule has 2 saturated carbocycles. The molecule has 3 N–H and O–H groups in total. The molecule has 0 radical (unpaired) electrons. The van der Waals surface area contributed by atoms with E-state index < -0.39 is 104 Å². The number of carboxylic acid groups (broad SMARTS) is 1. The van der Waals surface area contributed by atoms with Crippen LogP contribution in [0.2, 0.25) is 0 Å². The summed E-state index contributed by atoms with van der Waals surface area (Å²) >= 11 is 0. The van der Waals surface area contributed by atoms with Gasteiger partial charge in [0.05, 0.1) is 30.1 Å². The number of carbonyl (C=O) groups is 4. The molecule has 330 valence electrons. The molecule has 0 spiro atoms. The van der Waals surface area contributed by atoms with Gasteiger partial charge < -0.3 is 29.5 Å². The lowest BCUT2D eigenvalue weighted by Gasteiger charge is -2.47. The summed E-state index contributed by atoms with van der Waals surface area (Å²) in [7, 11) is -4.13. The Kier molecular flexibility index (Phi) is 12.2. The Labute approximate surface area is 347 Å². The van der Waals surface area contributed by atoms with Gasteiger partial charge in [0.2, 0.25) is 27.7 Å². The average molecular weight is 866 g/mol. The second-order valence-corrected chi connectivity index (χ2v) is 19.3. The van der Waals surface area contributed by atoms with Crippen LogP contribution < -0.4 is 19.5 Å². The summed E-state index contributed by atoms with van der Waals surface area (Å²) in [5.74, 6) is -7.96. The third kappa shape index (κ3) is 8.47. The van der Waals surface area contributed by atoms with E-state index in [1.807, 2.05) is 0 Å². The number of hydrogen-bond donors (Lipinski definition) is 3. The van der Waals surface area contributed by atoms with Gasteiger partial charge in [0, 0.05) is 30.8 Å². The molecule has 2 aliphatic heterocycles. The predicted octanol–water partition coefficient (Wildman–Crippen LogP) is 5.31. The molecule has 19 heteroatoms. The quantitative estimate of drug-likeness (QED) is 0.248. The Morgan fingerprint density at radius 3 is 2.50 bits per heavy atom. The summed E-state index contributed by atoms with van der Waals surface area (Å²) in [6.45, 7) is 8.89. The molecule has 3 heterocycles. The number of rotatable bonds is 11. The number of halogens is 3. The molecule has 1 saturated heterocycles. The first-order valence-corrected chi connectivity index (χ1v) is 21.8. The first kappa shape index (κ1) is 44.9. The molecular weight excluding hydrogens is 812 g/mol. The van der Waals surface area contributed by atoms with Crippen LogP contribution in [-0.4, -0.2) is 117 Å². The lowest BCUT2D eigenvalue weighted by Crippen LogP contribution is -2.68. The zero-order chi connectivity index (χ0) is 44.2. The maximum atomic E-state index is 15.4. The lowest BCUT2D eigenvalue weighted by molar-refractivity contribution is -0.166. The summed E-state index contributed by atoms with van der Waals surface area (Å²) in [6, 6.07) is 0.829. The van der Waals surface area contributed by atoms with E-state index in [1.54, 1.807) is 39.0 Å². The van der Waals surface area contributed by atoms with Crippen molar-refractivity contribution in [2.45, 2.75) is 146 Å². The zero-order valence-electron chi connectivity index (χ0n) is 34.8. The van der Waals surface area contributed by atoms with Crippen molar-refractivity contribution >= 4 is 44.6 Å². The van der Waals surface area contributed by atoms with Crippen molar-refractivity contribution in [1.82, 2.24) is 24.8 Å². The molecule has 2 aromatic rings. The number of sulfonamides is 1. The molecule has 15 nitrogen and oxygen atoms in total. The second kappa shape index (κ2) is 16.3. The molecule has 4 aliphatic rings. The SMILES string of the molecule is CCOc1cc2ccnc(O[C@@H]3C[C@H]4C(=O)N[C@]5(C(=O)NS(=O)(=O)C6(C)CC6)C[C@H]5/C=C\CC[C@@H](C)O[C@@H](CC)[C@H](N(C(=O)O)C(C)(C)C(C)(F)F)C(=O)N4C3)c2cc1F. The Morgan fingerprint density at radius 1 is 1.18 bits per heavy atom. The van der Waals surface area contributed by atoms with Crippen LogP contribution in [-0.2, 0) is 29.1 Å². The van der Waals surface area contributed by atoms with E-state index in [9.17, 15) is 27.9 Å². The maximum absolute atomic E-state index is 15.4. The second-order valence-electron chi connectivity index (χ2n) is 17.1. The first-order valence-electron chi connectivity index (χ1n) is 20.3. The van der Waals surface area contributed by atoms with Gasteiger partial charge in [-0.2, -0.15) is 0 Å². The molecule has 0 bridgehead atoms. The standard InChI is InChI=1S/C41H54F3N5O10S/c1-8-30-32(49(37(53)54)38(4,5)40(7,43)44)35(51)48-22-26(59-34-27-20-28(42)31(57-9-2)18-24(27)14-17-45-34)19-29(48)33(50)46-41(21-25(41)13-11-10-12-23(3)58-30)36(52)47-60(55,56)39(6)15-16-39/h11,13-14,17-18,20,23,25-26,29-30,32H,8-10,12,15-16,19,21-22H2,1-7H3,(H,46,50)(H,47,52)(H,53,54)/b13-11-/t23-,25-,26-,29+,30+,32+,41-/m1/s1. The number of allylic oxidation sites excluding steroid dienone is 1. The minimum atomic E-state index is -4.13. The van der Waals surface area contributed by atoms with Gasteiger partial charge in [-0.25, -0.2) is 31.4 Å². The van der Waals surface area contributed by atoms with Crippen molar-refractivity contribution < 1.29 is 60.1 Å². The van der Waals surface area contributed by atoms with Crippen molar-refractivity contribution in [1.29, 1.82) is 0 Å². The van der Waals surface area contributed by atoms with Crippen LogP contribution in [0.5, 0.6) is 11.6 Å². The van der Waals surface area contributed by atoms with Gasteiger partial charge in [-0.05, 0) is 96.7 Å². The number of nitrogens with zero attached hydrogens (tertiary/aromatic N) is 3. The van der Waals surface area contributed by atoms with Gasteiger partial charge in [0.1, 0.15) is 29.3 Å². The van der Waals surface area contributed by atoms with Gasteiger partial charge >= 0.3 is 6.09 Å². The molecule has 0 unspecified atom stereocenters. The van der Waals surface area contributed by atoms with E-state index in [0.717, 1.165) is 18.7 Å². The lowest BCUT2D eigenvalue weighted by atomic mass is 9.90. The number of fused-ring (bicyclic) bond motifs is 3. The van der Waals surface area contributed by atoms with Gasteiger partial charge in [-0.1, -0.05) is 19.1 Å². The van der Waals surface area contributed by atoms with E-state index in [4.69, 9.17) is 14.2 Å². The van der Waals surface area contributed by atoms with Crippen LogP contribution in [0.4, 0.5) is 18.0 Å². The summed E-state index contributed by atoms with van der Waals surface area (Å²) < 4.78 is 91.5. The van der Waals surface area contributed by atoms with Crippen LogP contribution in [0.25, 0.3) is 10.8 Å². The minimum Gasteiger partial charge on any atom is -0.491 e. The van der Waals surface area contributed by atoms with Gasteiger partial charge in [0.15, 0.2) is 11.6 Å². The topological polar surface area (TPSA) is 194 Å². The molecule has 2 aliphatic carbocycles. The number of amides is 4. The monoisotopic (exact) mass is 865 g/mol. The van der Waals surface area contributed by atoms with Crippen molar-refractivity contribution in [3.05, 3.63) is 42.4 Å². The zero-order valence-corrected chi connectivity index (χ0v) is 35.6. The molecule has 6 rings (SSSR count). The molecule has 7 atom stereocenters. The number of nitrogens with one attached hydrogen (secondary N) is 2. The van der Waals surface area contributed by atoms with E-state index in [1.165, 1.54) is 25.3 Å². The van der Waals surface area contributed by atoms with Crippen molar-refractivity contribution in [3.8, 4) is 11.6 Å². The highest BCUT2D eigenvalue weighted by Gasteiger charge is 2.64. The van der Waals surface area contributed by atoms with E-state index >= 15 is 18.0 Å². The Balaban J connectivity index is 1.44. The number of carbonyl (C=O) groups excluding carboxylic acids is 3. The normalized spacial score (nSPS) is 28.9. The molecular formula is C41H54F3N5O10S. The molecule has 3 fully saturated rings. The predicted molar refractivity (Wildman–Crippen MR) is 212 cm³/mol. The van der Waals surface area contributed by atoms with Crippen LogP contribution in [0.3, 0.4) is 0 Å². The molecule has 60 heavy (non-hydrogen) atoms. The Hall–Kier alpha value is -4.65. The minimum absolute atomic E-state index is 0.00182. The van der Waals surface area contributed by atoms with Crippen LogP contribution >= 0.6 is 0 Å². The smallest absolute Gasteiger partial charge is 0.408 e. The van der Waals surface area contributed by atoms with E-state index in [2.05, 4.69) is 15.0 Å². The summed E-state index contributed by atoms with van der Waals surface area (Å²) in [5, 5.41) is 14.1. The number of hydrogen-bond acceptors (Lipinski definition) is 10. The van der Waals surface area contributed by atoms with Crippen LogP contribution in [0.15, 0.2) is 36.5 Å². The van der Waals surface area contributed by atoms with Crippen molar-refractivity contribution in [2.24, 2.45) is 5.92 Å². The first-order chi connectivity index (χ1) is 28.0. The Bertz CT molecular complexity index is 2160. The number of aromatic nitrogens is 1. The maximum Gasteiger partial charge on any atom is 0.408 e. The summed E-state index contributed by atoms with van der Waals surface area (Å²) in [4.78, 5) is 62.7. The van der Waals surface area contributed by atoms with Crippen LogP contribution in [0, 0.1) is 11.7 Å². The molecule has 1 aromatic heterocycles. The number of pyridine rings is 1. The number of alkyl halides is 2. The van der Waals surface area contributed by atoms with E-state index in [-0.39, 0.29) is 42.9 Å². The third-order valence-corrected chi connectivity index (χ3v) is 14.6. The highest BCUT2D eigenvalue weighted by atomic mass is 32.2. The fraction of sp³-hybridized carbons (Fsp3) is 0.634. The van der Waals surface area contributed by atoms with Crippen molar-refractivity contribution in [3.63, 3.8) is 0 Å². The average Bonchev–Trinajstić information content (AvgIpc) is 4.04.